The van der Waals surface area contributed by atoms with E-state index in [4.69, 9.17) is 27.9 Å². The molecule has 1 aliphatic carbocycles. The van der Waals surface area contributed by atoms with Gasteiger partial charge in [0, 0.05) is 0 Å². The van der Waals surface area contributed by atoms with Crippen LogP contribution in [-0.4, -0.2) is 17.6 Å². The summed E-state index contributed by atoms with van der Waals surface area (Å²) in [5, 5.41) is 0.604. The van der Waals surface area contributed by atoms with E-state index in [-0.39, 0.29) is 5.15 Å². The molecule has 2 rings (SSSR count). The summed E-state index contributed by atoms with van der Waals surface area (Å²) in [6.45, 7) is 2.62. The van der Waals surface area contributed by atoms with Gasteiger partial charge in [-0.1, -0.05) is 30.1 Å². The Morgan fingerprint density at radius 2 is 2.33 bits per heavy atom. The molecule has 2 atom stereocenters. The highest BCUT2D eigenvalue weighted by atomic mass is 35.5. The lowest BCUT2D eigenvalue weighted by Gasteiger charge is -2.01. The maximum Gasteiger partial charge on any atom is 0.354 e. The Hall–Kier alpha value is -0.670. The summed E-state index contributed by atoms with van der Waals surface area (Å²) in [4.78, 5) is 14.1. The van der Waals surface area contributed by atoms with E-state index >= 15 is 0 Å². The average Bonchev–Trinajstić information content (AvgIpc) is 2.79. The van der Waals surface area contributed by atoms with Crippen molar-refractivity contribution in [3.8, 4) is 0 Å². The summed E-state index contributed by atoms with van der Waals surface area (Å²) in [6.07, 6.45) is 1.14. The van der Waals surface area contributed by atoms with Crippen LogP contribution < -0.4 is 0 Å². The Bertz CT molecular complexity index is 369. The zero-order chi connectivity index (χ0) is 11.0. The second-order valence-electron chi connectivity index (χ2n) is 3.92. The Morgan fingerprint density at radius 3 is 2.80 bits per heavy atom. The van der Waals surface area contributed by atoms with Gasteiger partial charge in [-0.25, -0.2) is 4.79 Å². The predicted octanol–water partition coefficient (Wildman–Crippen LogP) is 3.13. The highest BCUT2D eigenvalue weighted by Gasteiger charge is 2.33. The molecule has 1 heterocycles. The number of nitrogens with one attached hydrogen (secondary N) is 1. The van der Waals surface area contributed by atoms with Gasteiger partial charge in [-0.2, -0.15) is 0 Å². The number of esters is 1. The lowest BCUT2D eigenvalue weighted by molar-refractivity contribution is 0.0475. The lowest BCUT2D eigenvalue weighted by Crippen LogP contribution is -2.08. The molecule has 0 saturated heterocycles. The number of ether oxygens (including phenoxy) is 1. The average molecular weight is 248 g/mol. The maximum atomic E-state index is 11.5. The number of H-pyrrole nitrogens is 1. The molecule has 0 amide bonds. The van der Waals surface area contributed by atoms with Gasteiger partial charge in [-0.3, -0.25) is 0 Å². The van der Waals surface area contributed by atoms with E-state index in [1.807, 2.05) is 0 Å². The van der Waals surface area contributed by atoms with E-state index in [9.17, 15) is 4.79 Å². The van der Waals surface area contributed by atoms with Crippen molar-refractivity contribution in [2.24, 2.45) is 11.8 Å². The molecule has 0 aliphatic heterocycles. The molecule has 1 aromatic heterocycles. The van der Waals surface area contributed by atoms with Crippen molar-refractivity contribution >= 4 is 29.2 Å². The SMILES string of the molecule is CC1CC1COC(=O)c1cc(Cl)c(Cl)[nH]1. The summed E-state index contributed by atoms with van der Waals surface area (Å²) < 4.78 is 5.10. The smallest absolute Gasteiger partial charge is 0.354 e. The van der Waals surface area contributed by atoms with Crippen molar-refractivity contribution in [2.75, 3.05) is 6.61 Å². The van der Waals surface area contributed by atoms with Gasteiger partial charge in [0.15, 0.2) is 0 Å². The van der Waals surface area contributed by atoms with Crippen LogP contribution in [0.4, 0.5) is 0 Å². The lowest BCUT2D eigenvalue weighted by atomic mass is 10.3. The molecule has 1 aliphatic rings. The molecule has 5 heteroatoms. The van der Waals surface area contributed by atoms with Gasteiger partial charge in [0.05, 0.1) is 11.6 Å². The van der Waals surface area contributed by atoms with E-state index in [1.54, 1.807) is 0 Å². The number of aromatic nitrogens is 1. The van der Waals surface area contributed by atoms with Crippen molar-refractivity contribution in [1.82, 2.24) is 4.98 Å². The number of aromatic amines is 1. The normalized spacial score (nSPS) is 23.9. The molecule has 3 nitrogen and oxygen atoms in total. The minimum atomic E-state index is -0.400. The van der Waals surface area contributed by atoms with Crippen LogP contribution in [0.25, 0.3) is 0 Å². The summed E-state index contributed by atoms with van der Waals surface area (Å²) in [6, 6.07) is 1.47. The number of hydrogen-bond donors (Lipinski definition) is 1. The fourth-order valence-electron chi connectivity index (χ4n) is 1.41. The van der Waals surface area contributed by atoms with Gasteiger partial charge in [0.25, 0.3) is 0 Å². The molecule has 2 unspecified atom stereocenters. The highest BCUT2D eigenvalue weighted by Crippen LogP contribution is 2.37. The van der Waals surface area contributed by atoms with Crippen LogP contribution in [0.15, 0.2) is 6.07 Å². The Balaban J connectivity index is 1.90. The Morgan fingerprint density at radius 1 is 1.67 bits per heavy atom. The third-order valence-electron chi connectivity index (χ3n) is 2.65. The molecule has 0 aromatic carbocycles. The molecule has 1 fully saturated rings. The molecule has 0 bridgehead atoms. The van der Waals surface area contributed by atoms with Crippen LogP contribution in [0.5, 0.6) is 0 Å². The van der Waals surface area contributed by atoms with Crippen molar-refractivity contribution in [1.29, 1.82) is 0 Å². The van der Waals surface area contributed by atoms with Crippen LogP contribution >= 0.6 is 23.2 Å². The molecule has 0 radical (unpaired) electrons. The Kier molecular flexibility index (Phi) is 2.94. The third-order valence-corrected chi connectivity index (χ3v) is 3.34. The van der Waals surface area contributed by atoms with E-state index in [1.165, 1.54) is 6.07 Å². The first-order valence-electron chi connectivity index (χ1n) is 4.79. The molecular formula is C10H11Cl2NO2. The van der Waals surface area contributed by atoms with E-state index in [2.05, 4.69) is 11.9 Å². The third kappa shape index (κ3) is 2.47. The van der Waals surface area contributed by atoms with Crippen LogP contribution in [-0.2, 0) is 4.74 Å². The first-order valence-corrected chi connectivity index (χ1v) is 5.54. The molecule has 15 heavy (non-hydrogen) atoms. The zero-order valence-electron chi connectivity index (χ0n) is 8.22. The standard InChI is InChI=1S/C10H11Cl2NO2/c1-5-2-6(5)4-15-10(14)8-3-7(11)9(12)13-8/h3,5-6,13H,2,4H2,1H3. The van der Waals surface area contributed by atoms with Crippen LogP contribution in [0.3, 0.4) is 0 Å². The molecule has 0 spiro atoms. The fraction of sp³-hybridized carbons (Fsp3) is 0.500. The summed E-state index contributed by atoms with van der Waals surface area (Å²) >= 11 is 11.4. The van der Waals surface area contributed by atoms with Gasteiger partial charge < -0.3 is 9.72 Å². The van der Waals surface area contributed by atoms with Gasteiger partial charge in [0.2, 0.25) is 0 Å². The number of carbonyl (C=O) groups is 1. The Labute approximate surface area is 97.7 Å². The number of hydrogen-bond acceptors (Lipinski definition) is 2. The zero-order valence-corrected chi connectivity index (χ0v) is 9.73. The van der Waals surface area contributed by atoms with Crippen LogP contribution in [0, 0.1) is 11.8 Å². The monoisotopic (exact) mass is 247 g/mol. The van der Waals surface area contributed by atoms with Gasteiger partial charge in [-0.15, -0.1) is 0 Å². The van der Waals surface area contributed by atoms with Crippen LogP contribution in [0.2, 0.25) is 10.2 Å². The van der Waals surface area contributed by atoms with Crippen molar-refractivity contribution in [2.45, 2.75) is 13.3 Å². The van der Waals surface area contributed by atoms with Crippen molar-refractivity contribution in [3.63, 3.8) is 0 Å². The molecule has 1 N–H and O–H groups in total. The van der Waals surface area contributed by atoms with E-state index in [0.717, 1.165) is 6.42 Å². The van der Waals surface area contributed by atoms with E-state index in [0.29, 0.717) is 29.2 Å². The first-order chi connectivity index (χ1) is 7.08. The number of carbonyl (C=O) groups excluding carboxylic acids is 1. The minimum absolute atomic E-state index is 0.267. The molecule has 82 valence electrons. The second-order valence-corrected chi connectivity index (χ2v) is 4.70. The number of rotatable bonds is 3. The quantitative estimate of drug-likeness (QED) is 0.835. The first kappa shape index (κ1) is 10.8. The summed E-state index contributed by atoms with van der Waals surface area (Å²) in [5.41, 5.74) is 0.304. The summed E-state index contributed by atoms with van der Waals surface area (Å²) in [7, 11) is 0. The van der Waals surface area contributed by atoms with E-state index < -0.39 is 5.97 Å². The van der Waals surface area contributed by atoms with Crippen molar-refractivity contribution < 1.29 is 9.53 Å². The maximum absolute atomic E-state index is 11.5. The second kappa shape index (κ2) is 4.06. The molecular weight excluding hydrogens is 237 g/mol. The fourth-order valence-corrected chi connectivity index (χ4v) is 1.72. The molecule has 1 aromatic rings. The number of halogens is 2. The van der Waals surface area contributed by atoms with Gasteiger partial charge in [0.1, 0.15) is 10.8 Å². The van der Waals surface area contributed by atoms with Crippen LogP contribution in [0.1, 0.15) is 23.8 Å². The van der Waals surface area contributed by atoms with Gasteiger partial charge in [-0.05, 0) is 24.3 Å². The highest BCUT2D eigenvalue weighted by molar-refractivity contribution is 6.41. The van der Waals surface area contributed by atoms with Gasteiger partial charge >= 0.3 is 5.97 Å². The molecule has 1 saturated carbocycles. The minimum Gasteiger partial charge on any atom is -0.461 e. The predicted molar refractivity (Wildman–Crippen MR) is 58.4 cm³/mol. The largest absolute Gasteiger partial charge is 0.461 e. The topological polar surface area (TPSA) is 42.1 Å². The van der Waals surface area contributed by atoms with Crippen molar-refractivity contribution in [3.05, 3.63) is 21.9 Å². The summed E-state index contributed by atoms with van der Waals surface area (Å²) in [5.74, 6) is 0.798.